The minimum absolute atomic E-state index is 0.0150. The lowest BCUT2D eigenvalue weighted by Gasteiger charge is -2.17. The number of carboxylic acids is 1. The van der Waals surface area contributed by atoms with Gasteiger partial charge in [-0.05, 0) is 53.9 Å². The summed E-state index contributed by atoms with van der Waals surface area (Å²) in [6.45, 7) is 0.0138. The highest BCUT2D eigenvalue weighted by Crippen LogP contribution is 2.43. The second-order valence-electron chi connectivity index (χ2n) is 10.4. The molecule has 0 radical (unpaired) electrons. The molecule has 13 nitrogen and oxygen atoms in total. The topological polar surface area (TPSA) is 216 Å². The summed E-state index contributed by atoms with van der Waals surface area (Å²) < 4.78 is 49.6. The molecular formula is C32H24F2N2O11P-. The van der Waals surface area contributed by atoms with E-state index < -0.39 is 48.1 Å². The summed E-state index contributed by atoms with van der Waals surface area (Å²) in [7, 11) is -4.93. The monoisotopic (exact) mass is 681 g/mol. The van der Waals surface area contributed by atoms with Crippen molar-refractivity contribution >= 4 is 36.6 Å². The molecule has 3 aromatic carbocycles. The Balaban J connectivity index is 1.28. The SMILES string of the molecule is O=C(CCc1ccc(OP(=O)([O-])O)cc1)NCCNC(=O)c1ccc(-c2c3cc(F)c(=O)cc-3oc3cc(O)c(F)cc23)c(C(=O)O)c1. The lowest BCUT2D eigenvalue weighted by atomic mass is 9.89. The first-order chi connectivity index (χ1) is 22.7. The second kappa shape index (κ2) is 13.6. The van der Waals surface area contributed by atoms with Crippen molar-refractivity contribution in [3.8, 4) is 33.9 Å². The number of phosphoric ester groups is 1. The van der Waals surface area contributed by atoms with Gasteiger partial charge in [0.05, 0.1) is 5.56 Å². The van der Waals surface area contributed by atoms with E-state index in [4.69, 9.17) is 9.31 Å². The zero-order valence-corrected chi connectivity index (χ0v) is 25.4. The standard InChI is InChI=1S/C32H25F2N2O11P/c33-23-12-21-27(14-25(23)37)46-28-15-26(38)24(34)13-22(28)30(21)19-7-4-17(11-20(19)32(41)42)31(40)36-10-9-35-29(39)8-3-16-1-5-18(6-2-16)47-48(43,44)45/h1-2,4-7,11-15,37H,3,8-10H2,(H,35,39)(H,36,40)(H,41,42)(H2,43,44,45)/p-1. The van der Waals surface area contributed by atoms with Gasteiger partial charge in [0.15, 0.2) is 17.4 Å². The summed E-state index contributed by atoms with van der Waals surface area (Å²) in [6.07, 6.45) is 0.368. The zero-order valence-electron chi connectivity index (χ0n) is 24.5. The van der Waals surface area contributed by atoms with Crippen molar-refractivity contribution in [3.63, 3.8) is 0 Å². The molecular weight excluding hydrogens is 657 g/mol. The van der Waals surface area contributed by atoms with Gasteiger partial charge in [-0.2, -0.15) is 0 Å². The third kappa shape index (κ3) is 7.66. The Morgan fingerprint density at radius 2 is 1.62 bits per heavy atom. The smallest absolute Gasteiger partial charge is 0.336 e. The Morgan fingerprint density at radius 3 is 2.31 bits per heavy atom. The Kier molecular flexibility index (Phi) is 9.57. The predicted octanol–water partition coefficient (Wildman–Crippen LogP) is 3.57. The van der Waals surface area contributed by atoms with E-state index in [1.165, 1.54) is 36.4 Å². The molecule has 5 N–H and O–H groups in total. The molecule has 0 saturated heterocycles. The molecule has 248 valence electrons. The van der Waals surface area contributed by atoms with Crippen LogP contribution in [0.5, 0.6) is 11.5 Å². The molecule has 1 aliphatic carbocycles. The van der Waals surface area contributed by atoms with E-state index in [0.717, 1.165) is 30.3 Å². The lowest BCUT2D eigenvalue weighted by Crippen LogP contribution is -2.34. The maximum Gasteiger partial charge on any atom is 0.336 e. The first kappa shape index (κ1) is 33.7. The van der Waals surface area contributed by atoms with E-state index in [9.17, 15) is 47.6 Å². The predicted molar refractivity (Wildman–Crippen MR) is 164 cm³/mol. The molecule has 0 fully saturated rings. The van der Waals surface area contributed by atoms with Crippen LogP contribution in [-0.2, 0) is 15.8 Å². The minimum Gasteiger partial charge on any atom is -0.746 e. The average molecular weight is 682 g/mol. The minimum atomic E-state index is -4.93. The van der Waals surface area contributed by atoms with E-state index in [0.29, 0.717) is 12.0 Å². The van der Waals surface area contributed by atoms with Gasteiger partial charge in [0.1, 0.15) is 17.1 Å². The molecule has 0 aromatic heterocycles. The number of amides is 2. The number of benzene rings is 4. The number of phenols is 1. The highest BCUT2D eigenvalue weighted by molar-refractivity contribution is 7.45. The average Bonchev–Trinajstić information content (AvgIpc) is 3.02. The van der Waals surface area contributed by atoms with Crippen LogP contribution in [0.1, 0.15) is 32.7 Å². The first-order valence-corrected chi connectivity index (χ1v) is 15.5. The number of carbonyl (C=O) groups excluding carboxylic acids is 2. The largest absolute Gasteiger partial charge is 0.746 e. The van der Waals surface area contributed by atoms with Gasteiger partial charge in [0.25, 0.3) is 5.91 Å². The van der Waals surface area contributed by atoms with Gasteiger partial charge < -0.3 is 39.6 Å². The number of carbonyl (C=O) groups is 3. The quantitative estimate of drug-likeness (QED) is 0.0772. The number of aromatic carboxylic acids is 1. The summed E-state index contributed by atoms with van der Waals surface area (Å²) in [6, 6.07) is 12.8. The molecule has 48 heavy (non-hydrogen) atoms. The Morgan fingerprint density at radius 1 is 0.917 bits per heavy atom. The highest BCUT2D eigenvalue weighted by Gasteiger charge is 2.25. The molecule has 3 aromatic rings. The van der Waals surface area contributed by atoms with Gasteiger partial charge in [-0.15, -0.1) is 0 Å². The summed E-state index contributed by atoms with van der Waals surface area (Å²) >= 11 is 0. The maximum absolute atomic E-state index is 14.5. The number of aromatic hydroxyl groups is 1. The van der Waals surface area contributed by atoms with Gasteiger partial charge in [-0.1, -0.05) is 18.2 Å². The molecule has 1 heterocycles. The van der Waals surface area contributed by atoms with Crippen LogP contribution in [0, 0.1) is 11.6 Å². The van der Waals surface area contributed by atoms with Crippen molar-refractivity contribution in [2.45, 2.75) is 12.8 Å². The fourth-order valence-electron chi connectivity index (χ4n) is 4.95. The van der Waals surface area contributed by atoms with E-state index >= 15 is 0 Å². The van der Waals surface area contributed by atoms with E-state index in [2.05, 4.69) is 15.2 Å². The Hall–Kier alpha value is -5.63. The number of halogens is 2. The van der Waals surface area contributed by atoms with Gasteiger partial charge in [0, 0.05) is 53.7 Å². The molecule has 1 aliphatic heterocycles. The van der Waals surface area contributed by atoms with Crippen LogP contribution in [0.15, 0.2) is 75.9 Å². The maximum atomic E-state index is 14.5. The van der Waals surface area contributed by atoms with Gasteiger partial charge in [0.2, 0.25) is 11.3 Å². The fourth-order valence-corrected chi connectivity index (χ4v) is 5.34. The molecule has 1 atom stereocenters. The fraction of sp³-hybridized carbons (Fsp3) is 0.125. The zero-order chi connectivity index (χ0) is 34.7. The van der Waals surface area contributed by atoms with Crippen molar-refractivity contribution in [2.24, 2.45) is 0 Å². The molecule has 0 bridgehead atoms. The van der Waals surface area contributed by atoms with Crippen LogP contribution in [-0.4, -0.2) is 46.0 Å². The van der Waals surface area contributed by atoms with E-state index in [1.807, 2.05) is 0 Å². The molecule has 0 saturated carbocycles. The Bertz CT molecular complexity index is 2150. The van der Waals surface area contributed by atoms with E-state index in [-0.39, 0.29) is 70.2 Å². The second-order valence-corrected chi connectivity index (χ2v) is 11.6. The van der Waals surface area contributed by atoms with Gasteiger partial charge in [-0.3, -0.25) is 18.9 Å². The summed E-state index contributed by atoms with van der Waals surface area (Å²) in [4.78, 5) is 69.0. The van der Waals surface area contributed by atoms with Crippen molar-refractivity contribution in [3.05, 3.63) is 105 Å². The van der Waals surface area contributed by atoms with Crippen LogP contribution >= 0.6 is 7.82 Å². The lowest BCUT2D eigenvalue weighted by molar-refractivity contribution is -0.211. The van der Waals surface area contributed by atoms with E-state index in [1.54, 1.807) is 0 Å². The van der Waals surface area contributed by atoms with Crippen LogP contribution < -0.4 is 25.5 Å². The number of hydrogen-bond donors (Lipinski definition) is 5. The van der Waals surface area contributed by atoms with Gasteiger partial charge in [-0.25, -0.2) is 13.6 Å². The Labute approximate surface area is 269 Å². The summed E-state index contributed by atoms with van der Waals surface area (Å²) in [5.74, 6) is -5.75. The van der Waals surface area contributed by atoms with Crippen molar-refractivity contribution in [1.82, 2.24) is 10.6 Å². The number of nitrogens with one attached hydrogen (secondary N) is 2. The van der Waals surface area contributed by atoms with Crippen molar-refractivity contribution in [1.29, 1.82) is 0 Å². The van der Waals surface area contributed by atoms with Crippen LogP contribution in [0.3, 0.4) is 0 Å². The third-order valence-electron chi connectivity index (χ3n) is 7.14. The number of rotatable bonds is 11. The number of phosphoric acid groups is 1. The third-order valence-corrected chi connectivity index (χ3v) is 7.58. The van der Waals surface area contributed by atoms with Gasteiger partial charge >= 0.3 is 13.8 Å². The van der Waals surface area contributed by atoms with Crippen LogP contribution in [0.4, 0.5) is 8.78 Å². The molecule has 0 spiro atoms. The van der Waals surface area contributed by atoms with Crippen LogP contribution in [0.2, 0.25) is 0 Å². The normalized spacial score (nSPS) is 12.4. The summed E-state index contributed by atoms with van der Waals surface area (Å²) in [5, 5.41) is 25.1. The molecule has 16 heteroatoms. The van der Waals surface area contributed by atoms with Crippen molar-refractivity contribution in [2.75, 3.05) is 13.1 Å². The number of phenolic OH excluding ortho intramolecular Hbond substituents is 1. The van der Waals surface area contributed by atoms with Crippen LogP contribution in [0.25, 0.3) is 33.4 Å². The molecule has 2 amide bonds. The number of carboxylic acid groups (broad SMARTS) is 1. The number of aryl methyl sites for hydroxylation is 1. The molecule has 1 unspecified atom stereocenters. The summed E-state index contributed by atoms with van der Waals surface area (Å²) in [5.41, 5.74) is -1.05. The van der Waals surface area contributed by atoms with Crippen molar-refractivity contribution < 1.29 is 56.7 Å². The highest BCUT2D eigenvalue weighted by atomic mass is 31.2. The molecule has 5 rings (SSSR count). The molecule has 2 aliphatic rings. The number of hydrogen-bond acceptors (Lipinski definition) is 9. The first-order valence-electron chi connectivity index (χ1n) is 14.0. The number of fused-ring (bicyclic) bond motifs is 2.